The monoisotopic (exact) mass is 387 g/mol. The zero-order chi connectivity index (χ0) is 16.9. The van der Waals surface area contributed by atoms with Gasteiger partial charge in [-0.3, -0.25) is 10.2 Å². The summed E-state index contributed by atoms with van der Waals surface area (Å²) in [5.74, 6) is -1.50. The van der Waals surface area contributed by atoms with Crippen LogP contribution in [0.15, 0.2) is 33.3 Å². The van der Waals surface area contributed by atoms with E-state index in [0.717, 1.165) is 16.2 Å². The Morgan fingerprint density at radius 3 is 2.78 bits per heavy atom. The highest BCUT2D eigenvalue weighted by Crippen LogP contribution is 2.55. The maximum atomic E-state index is 13.1. The number of halogens is 1. The van der Waals surface area contributed by atoms with E-state index in [1.165, 1.54) is 4.90 Å². The van der Waals surface area contributed by atoms with Gasteiger partial charge in [0.15, 0.2) is 0 Å². The van der Waals surface area contributed by atoms with Gasteiger partial charge in [0.05, 0.1) is 27.8 Å². The number of fused-ring (bicyclic) bond motifs is 2. The number of rotatable bonds is 0. The first-order chi connectivity index (χ1) is 10.9. The highest BCUT2D eigenvalue weighted by atomic mass is 79.9. The number of nitriles is 2. The fraction of sp³-hybridized carbons (Fsp3) is 0.200. The molecule has 0 radical (unpaired) electrons. The highest BCUT2D eigenvalue weighted by Gasteiger charge is 2.62. The van der Waals surface area contributed by atoms with Crippen molar-refractivity contribution in [3.05, 3.63) is 38.8 Å². The second-order valence-corrected chi connectivity index (χ2v) is 7.21. The van der Waals surface area contributed by atoms with Crippen molar-refractivity contribution >= 4 is 44.3 Å². The number of hydrogen-bond donors (Lipinski definition) is 2. The molecule has 0 saturated heterocycles. The molecule has 0 aliphatic carbocycles. The first-order valence-corrected chi connectivity index (χ1v) is 8.15. The third kappa shape index (κ3) is 1.79. The molecule has 1 aromatic carbocycles. The van der Waals surface area contributed by atoms with Gasteiger partial charge in [-0.05, 0) is 23.8 Å². The summed E-state index contributed by atoms with van der Waals surface area (Å²) in [5.41, 5.74) is 5.56. The lowest BCUT2D eigenvalue weighted by atomic mass is 9.66. The van der Waals surface area contributed by atoms with Crippen molar-refractivity contribution in [2.45, 2.75) is 5.41 Å². The molecule has 114 valence electrons. The number of carbonyl (C=O) groups excluding carboxylic acids is 1. The molecule has 23 heavy (non-hydrogen) atoms. The van der Waals surface area contributed by atoms with E-state index in [4.69, 9.17) is 11.1 Å². The van der Waals surface area contributed by atoms with Gasteiger partial charge in [-0.25, -0.2) is 0 Å². The van der Waals surface area contributed by atoms with Crippen LogP contribution in [0, 0.1) is 34.0 Å². The van der Waals surface area contributed by atoms with Crippen LogP contribution in [0.5, 0.6) is 0 Å². The van der Waals surface area contributed by atoms with E-state index >= 15 is 0 Å². The molecular weight excluding hydrogens is 378 g/mol. The topological polar surface area (TPSA) is 118 Å². The van der Waals surface area contributed by atoms with Crippen molar-refractivity contribution < 1.29 is 4.79 Å². The lowest BCUT2D eigenvalue weighted by Crippen LogP contribution is -2.50. The number of benzene rings is 1. The molecule has 0 saturated carbocycles. The van der Waals surface area contributed by atoms with Crippen LogP contribution < -0.4 is 10.6 Å². The minimum absolute atomic E-state index is 0.0291. The predicted molar refractivity (Wildman–Crippen MR) is 90.5 cm³/mol. The van der Waals surface area contributed by atoms with Crippen LogP contribution in [0.2, 0.25) is 0 Å². The number of amides is 1. The number of anilines is 1. The number of carbonyl (C=O) groups is 1. The Kier molecular flexibility index (Phi) is 3.47. The summed E-state index contributed by atoms with van der Waals surface area (Å²) in [6, 6.07) is 9.29. The van der Waals surface area contributed by atoms with Crippen LogP contribution >= 0.6 is 27.7 Å². The third-order valence-electron chi connectivity index (χ3n) is 4.18. The van der Waals surface area contributed by atoms with Gasteiger partial charge in [-0.15, -0.1) is 0 Å². The van der Waals surface area contributed by atoms with E-state index in [1.807, 2.05) is 12.1 Å². The quantitative estimate of drug-likeness (QED) is 0.707. The van der Waals surface area contributed by atoms with Gasteiger partial charge in [0, 0.05) is 17.2 Å². The van der Waals surface area contributed by atoms with Crippen LogP contribution in [0.1, 0.15) is 5.56 Å². The van der Waals surface area contributed by atoms with Crippen LogP contribution in [-0.2, 0) is 10.2 Å². The van der Waals surface area contributed by atoms with Gasteiger partial charge in [-0.2, -0.15) is 10.5 Å². The van der Waals surface area contributed by atoms with E-state index in [1.54, 1.807) is 25.2 Å². The Labute approximate surface area is 145 Å². The second kappa shape index (κ2) is 5.12. The van der Waals surface area contributed by atoms with Crippen LogP contribution in [0.3, 0.4) is 0 Å². The zero-order valence-electron chi connectivity index (χ0n) is 11.9. The van der Waals surface area contributed by atoms with E-state index in [9.17, 15) is 15.3 Å². The largest absolute Gasteiger partial charge is 0.392 e. The number of nitrogens with zero attached hydrogens (tertiary/aromatic N) is 3. The summed E-state index contributed by atoms with van der Waals surface area (Å²) in [6.07, 6.45) is 0. The van der Waals surface area contributed by atoms with Gasteiger partial charge in [0.25, 0.3) is 0 Å². The molecule has 2 heterocycles. The summed E-state index contributed by atoms with van der Waals surface area (Å²) in [4.78, 5) is 14.5. The predicted octanol–water partition coefficient (Wildman–Crippen LogP) is 2.22. The highest BCUT2D eigenvalue weighted by molar-refractivity contribution is 9.10. The number of likely N-dealkylation sites (N-methyl/N-ethyl adjacent to an activating group) is 1. The van der Waals surface area contributed by atoms with Crippen molar-refractivity contribution in [2.24, 2.45) is 11.7 Å². The van der Waals surface area contributed by atoms with Crippen molar-refractivity contribution in [1.29, 1.82) is 15.9 Å². The van der Waals surface area contributed by atoms with E-state index in [2.05, 4.69) is 15.9 Å². The molecule has 2 aliphatic rings. The maximum Gasteiger partial charge on any atom is 0.244 e. The average molecular weight is 388 g/mol. The normalized spacial score (nSPS) is 26.3. The smallest absolute Gasteiger partial charge is 0.244 e. The summed E-state index contributed by atoms with van der Waals surface area (Å²) < 4.78 is 0.719. The van der Waals surface area contributed by atoms with Crippen molar-refractivity contribution in [3.8, 4) is 12.1 Å². The Morgan fingerprint density at radius 1 is 1.48 bits per heavy atom. The van der Waals surface area contributed by atoms with Crippen LogP contribution in [-0.4, -0.2) is 18.0 Å². The number of nitrogens with one attached hydrogen (secondary N) is 1. The lowest BCUT2D eigenvalue weighted by molar-refractivity contribution is -0.122. The molecule has 1 spiro atoms. The fourth-order valence-corrected chi connectivity index (χ4v) is 4.44. The fourth-order valence-electron chi connectivity index (χ4n) is 3.19. The molecule has 1 amide bonds. The SMILES string of the molecule is CN1C(=O)[C@@]2(C(C#N)=C(N)SC(=N)[C@@H]2C#N)c2cc(Br)ccc21. The molecule has 0 aromatic heterocycles. The Balaban J connectivity index is 2.48. The minimum Gasteiger partial charge on any atom is -0.392 e. The average Bonchev–Trinajstić information content (AvgIpc) is 2.71. The van der Waals surface area contributed by atoms with Gasteiger partial charge in [-0.1, -0.05) is 27.7 Å². The van der Waals surface area contributed by atoms with Crippen LogP contribution in [0.4, 0.5) is 5.69 Å². The molecule has 2 aliphatic heterocycles. The van der Waals surface area contributed by atoms with E-state index in [0.29, 0.717) is 11.3 Å². The van der Waals surface area contributed by atoms with Gasteiger partial charge in [0.2, 0.25) is 5.91 Å². The van der Waals surface area contributed by atoms with Gasteiger partial charge < -0.3 is 10.6 Å². The maximum absolute atomic E-state index is 13.1. The molecule has 3 rings (SSSR count). The molecule has 8 heteroatoms. The first-order valence-electron chi connectivity index (χ1n) is 6.54. The second-order valence-electron chi connectivity index (χ2n) is 5.21. The van der Waals surface area contributed by atoms with E-state index < -0.39 is 17.2 Å². The standard InChI is InChI=1S/C15H10BrN5OS/c1-21-11-3-2-7(16)4-8(11)15(14(21)22)9(5-17)12(19)23-13(20)10(15)6-18/h2-4,9,19H,20H2,1H3/t9-,15-/m0/s1. The molecule has 2 atom stereocenters. The Hall–Kier alpha value is -2.29. The molecule has 0 unspecified atom stereocenters. The molecule has 6 nitrogen and oxygen atoms in total. The summed E-state index contributed by atoms with van der Waals surface area (Å²) in [7, 11) is 1.59. The zero-order valence-corrected chi connectivity index (χ0v) is 14.3. The molecule has 1 aromatic rings. The summed E-state index contributed by atoms with van der Waals surface area (Å²) in [5, 5.41) is 27.4. The molecule has 3 N–H and O–H groups in total. The van der Waals surface area contributed by atoms with Crippen molar-refractivity contribution in [2.75, 3.05) is 11.9 Å². The third-order valence-corrected chi connectivity index (χ3v) is 5.56. The Morgan fingerprint density at radius 2 is 2.17 bits per heavy atom. The molecule has 0 fully saturated rings. The summed E-state index contributed by atoms with van der Waals surface area (Å²) >= 11 is 4.23. The van der Waals surface area contributed by atoms with Crippen LogP contribution in [0.25, 0.3) is 0 Å². The number of thioether (sulfide) groups is 1. The van der Waals surface area contributed by atoms with E-state index in [-0.39, 0.29) is 15.6 Å². The number of nitrogens with two attached hydrogens (primary N) is 1. The molecule has 0 bridgehead atoms. The van der Waals surface area contributed by atoms with Gasteiger partial charge >= 0.3 is 0 Å². The molecular formula is C15H10BrN5OS. The first kappa shape index (κ1) is 15.6. The van der Waals surface area contributed by atoms with Gasteiger partial charge in [0.1, 0.15) is 11.3 Å². The minimum atomic E-state index is -1.55. The summed E-state index contributed by atoms with van der Waals surface area (Å²) in [6.45, 7) is 0. The number of hydrogen-bond acceptors (Lipinski definition) is 6. The lowest BCUT2D eigenvalue weighted by Gasteiger charge is -2.36. The van der Waals surface area contributed by atoms with Crippen molar-refractivity contribution in [3.63, 3.8) is 0 Å². The van der Waals surface area contributed by atoms with Crippen molar-refractivity contribution in [1.82, 2.24) is 0 Å². The Bertz CT molecular complexity index is 881.